The van der Waals surface area contributed by atoms with Crippen LogP contribution in [0, 0.1) is 0 Å². The number of rotatable bonds is 2. The van der Waals surface area contributed by atoms with E-state index in [1.807, 2.05) is 0 Å². The molecule has 2 aliphatic rings. The maximum atomic E-state index is 9.98. The van der Waals surface area contributed by atoms with Crippen LogP contribution in [0.2, 0.25) is 0 Å². The Bertz CT molecular complexity index is 380. The van der Waals surface area contributed by atoms with Gasteiger partial charge in [-0.2, -0.15) is 0 Å². The molecule has 0 aromatic carbocycles. The molecule has 0 bridgehead atoms. The zero-order chi connectivity index (χ0) is 12.0. The average Bonchev–Trinajstić information content (AvgIpc) is 2.93. The van der Waals surface area contributed by atoms with Crippen LogP contribution in [0.4, 0.5) is 0 Å². The third-order valence-electron chi connectivity index (χ3n) is 2.07. The van der Waals surface area contributed by atoms with Gasteiger partial charge in [0.1, 0.15) is 0 Å². The van der Waals surface area contributed by atoms with Crippen molar-refractivity contribution in [3.8, 4) is 0 Å². The molecule has 84 valence electrons. The number of carboxylic acids is 2. The maximum Gasteiger partial charge on any atom is 1.00 e. The van der Waals surface area contributed by atoms with Gasteiger partial charge in [-0.1, -0.05) is 36.5 Å². The molecule has 0 aromatic heterocycles. The molecular weight excluding hydrogens is 286 g/mol. The number of carbonyl (C=O) groups excluding carboxylic acids is 2. The van der Waals surface area contributed by atoms with Crippen molar-refractivity contribution in [1.29, 1.82) is 0 Å². The van der Waals surface area contributed by atoms with Crippen molar-refractivity contribution < 1.29 is 123 Å². The molecule has 0 heterocycles. The summed E-state index contributed by atoms with van der Waals surface area (Å²) in [5, 5.41) is 20.0. The molecule has 0 radical (unpaired) electrons. The molecule has 0 unspecified atom stereocenters. The van der Waals surface area contributed by atoms with Gasteiger partial charge in [0.05, 0.1) is 11.9 Å². The number of hydrogen-bond acceptors (Lipinski definition) is 4. The second-order valence-corrected chi connectivity index (χ2v) is 3.22. The van der Waals surface area contributed by atoms with E-state index in [9.17, 15) is 19.8 Å². The van der Waals surface area contributed by atoms with Gasteiger partial charge in [-0.05, 0) is 24.0 Å². The molecule has 0 aromatic rings. The van der Waals surface area contributed by atoms with E-state index in [-0.39, 0.29) is 103 Å². The standard InChI is InChI=1S/2C6H6O2.2K/c2*7-6(8)5-3-1-2-4-5;;/h2*1-3H,4H2,(H,7,8);;/q;;2*+1/p-2. The Balaban J connectivity index is 0. The summed E-state index contributed by atoms with van der Waals surface area (Å²) in [7, 11) is 0. The van der Waals surface area contributed by atoms with Crippen molar-refractivity contribution in [3.05, 3.63) is 47.6 Å². The largest absolute Gasteiger partial charge is 1.00 e. The van der Waals surface area contributed by atoms with Gasteiger partial charge in [0.15, 0.2) is 0 Å². The van der Waals surface area contributed by atoms with Crippen LogP contribution in [0.1, 0.15) is 12.8 Å². The Hall–Kier alpha value is 1.17. The molecule has 4 nitrogen and oxygen atoms in total. The zero-order valence-electron chi connectivity index (χ0n) is 10.5. The van der Waals surface area contributed by atoms with E-state index in [2.05, 4.69) is 0 Å². The first-order valence-electron chi connectivity index (χ1n) is 4.75. The van der Waals surface area contributed by atoms with Crippen LogP contribution in [0.5, 0.6) is 0 Å². The van der Waals surface area contributed by atoms with Gasteiger partial charge in [0, 0.05) is 0 Å². The molecule has 6 heteroatoms. The number of hydrogen-bond donors (Lipinski definition) is 0. The van der Waals surface area contributed by atoms with E-state index in [1.54, 1.807) is 36.5 Å². The SMILES string of the molecule is O=C([O-])C1=CC=CC1.O=C([O-])C1=CC=CC1.[K+].[K+]. The Kier molecular flexibility index (Phi) is 14.3. The van der Waals surface area contributed by atoms with E-state index in [1.165, 1.54) is 0 Å². The monoisotopic (exact) mass is 296 g/mol. The van der Waals surface area contributed by atoms with Crippen molar-refractivity contribution in [2.45, 2.75) is 12.8 Å². The summed E-state index contributed by atoms with van der Waals surface area (Å²) in [5.41, 5.74) is 0.731. The number of allylic oxidation sites excluding steroid dienone is 6. The molecule has 0 fully saturated rings. The first kappa shape index (κ1) is 21.5. The van der Waals surface area contributed by atoms with Gasteiger partial charge in [0.25, 0.3) is 0 Å². The molecule has 0 saturated heterocycles. The minimum absolute atomic E-state index is 0. The van der Waals surface area contributed by atoms with Gasteiger partial charge in [-0.25, -0.2) is 0 Å². The summed E-state index contributed by atoms with van der Waals surface area (Å²) in [5.74, 6) is -2.12. The summed E-state index contributed by atoms with van der Waals surface area (Å²) in [6.07, 6.45) is 11.1. The molecule has 0 atom stereocenters. The molecule has 2 rings (SSSR count). The van der Waals surface area contributed by atoms with Crippen molar-refractivity contribution >= 4 is 11.9 Å². The van der Waals surface area contributed by atoms with E-state index >= 15 is 0 Å². The Morgan fingerprint density at radius 2 is 1.17 bits per heavy atom. The second kappa shape index (κ2) is 12.0. The van der Waals surface area contributed by atoms with Crippen LogP contribution in [0.25, 0.3) is 0 Å². The zero-order valence-corrected chi connectivity index (χ0v) is 16.8. The number of carbonyl (C=O) groups is 2. The topological polar surface area (TPSA) is 80.3 Å². The summed E-state index contributed by atoms with van der Waals surface area (Å²) in [6.45, 7) is 0. The predicted molar refractivity (Wildman–Crippen MR) is 53.7 cm³/mol. The normalized spacial score (nSPS) is 14.4. The Morgan fingerprint density at radius 1 is 0.833 bits per heavy atom. The summed E-state index contributed by atoms with van der Waals surface area (Å²) in [6, 6.07) is 0. The smallest absolute Gasteiger partial charge is 0.545 e. The molecule has 0 amide bonds. The first-order valence-corrected chi connectivity index (χ1v) is 4.75. The predicted octanol–water partition coefficient (Wildman–Crippen LogP) is -6.75. The summed E-state index contributed by atoms with van der Waals surface area (Å²) in [4.78, 5) is 20.0. The Labute approximate surface area is 191 Å². The van der Waals surface area contributed by atoms with Gasteiger partial charge in [-0.15, -0.1) is 0 Å². The fraction of sp³-hybridized carbons (Fsp3) is 0.167. The van der Waals surface area contributed by atoms with E-state index in [0.29, 0.717) is 24.0 Å². The van der Waals surface area contributed by atoms with Crippen molar-refractivity contribution in [3.63, 3.8) is 0 Å². The van der Waals surface area contributed by atoms with Crippen LogP contribution in [0.15, 0.2) is 47.6 Å². The fourth-order valence-corrected chi connectivity index (χ4v) is 1.20. The minimum atomic E-state index is -1.06. The van der Waals surface area contributed by atoms with Crippen molar-refractivity contribution in [2.24, 2.45) is 0 Å². The van der Waals surface area contributed by atoms with Gasteiger partial charge in [-0.3, -0.25) is 0 Å². The summed E-state index contributed by atoms with van der Waals surface area (Å²) >= 11 is 0. The van der Waals surface area contributed by atoms with Crippen LogP contribution < -0.4 is 113 Å². The molecule has 0 N–H and O–H groups in total. The minimum Gasteiger partial charge on any atom is -0.545 e. The van der Waals surface area contributed by atoms with Gasteiger partial charge >= 0.3 is 103 Å². The van der Waals surface area contributed by atoms with Crippen molar-refractivity contribution in [2.75, 3.05) is 0 Å². The van der Waals surface area contributed by atoms with Crippen LogP contribution >= 0.6 is 0 Å². The average molecular weight is 296 g/mol. The molecule has 0 saturated carbocycles. The molecular formula is C12H10K2O4. The first-order chi connectivity index (χ1) is 7.61. The fourth-order valence-electron chi connectivity index (χ4n) is 1.20. The van der Waals surface area contributed by atoms with Gasteiger partial charge in [0.2, 0.25) is 0 Å². The third kappa shape index (κ3) is 8.36. The van der Waals surface area contributed by atoms with E-state index < -0.39 is 11.9 Å². The van der Waals surface area contributed by atoms with Gasteiger partial charge < -0.3 is 19.8 Å². The quantitative estimate of drug-likeness (QED) is 0.475. The van der Waals surface area contributed by atoms with Crippen LogP contribution in [-0.4, -0.2) is 11.9 Å². The van der Waals surface area contributed by atoms with Crippen LogP contribution in [0.3, 0.4) is 0 Å². The van der Waals surface area contributed by atoms with E-state index in [4.69, 9.17) is 0 Å². The molecule has 0 aliphatic heterocycles. The Morgan fingerprint density at radius 3 is 1.28 bits per heavy atom. The number of carboxylic acid groups (broad SMARTS) is 2. The van der Waals surface area contributed by atoms with E-state index in [0.717, 1.165) is 0 Å². The second-order valence-electron chi connectivity index (χ2n) is 3.22. The van der Waals surface area contributed by atoms with Crippen molar-refractivity contribution in [1.82, 2.24) is 0 Å². The van der Waals surface area contributed by atoms with Crippen LogP contribution in [-0.2, 0) is 9.59 Å². The summed E-state index contributed by atoms with van der Waals surface area (Å²) < 4.78 is 0. The number of aliphatic carboxylic acids is 2. The molecule has 0 spiro atoms. The third-order valence-corrected chi connectivity index (χ3v) is 2.07. The molecule has 18 heavy (non-hydrogen) atoms. The maximum absolute atomic E-state index is 9.98. The molecule has 2 aliphatic carbocycles.